The highest BCUT2D eigenvalue weighted by molar-refractivity contribution is 5.08. The molecule has 0 radical (unpaired) electrons. The molecule has 2 nitrogen and oxygen atoms in total. The van der Waals surface area contributed by atoms with Crippen LogP contribution in [0.5, 0.6) is 0 Å². The van der Waals surface area contributed by atoms with Crippen molar-refractivity contribution in [2.24, 2.45) is 0 Å². The fourth-order valence-electron chi connectivity index (χ4n) is 1.36. The Balaban J connectivity index is 0.000000160. The third-order valence-electron chi connectivity index (χ3n) is 2.06. The van der Waals surface area contributed by atoms with E-state index in [2.05, 4.69) is 9.97 Å². The second-order valence-electron chi connectivity index (χ2n) is 3.84. The summed E-state index contributed by atoms with van der Waals surface area (Å²) in [6.07, 6.45) is 0. The Morgan fingerprint density at radius 1 is 0.562 bits per heavy atom. The number of aromatic nitrogens is 2. The van der Waals surface area contributed by atoms with Crippen LogP contribution in [-0.4, -0.2) is 9.97 Å². The van der Waals surface area contributed by atoms with Gasteiger partial charge in [-0.15, -0.1) is 0 Å². The largest absolute Gasteiger partial charge is 0.258 e. The van der Waals surface area contributed by atoms with Crippen molar-refractivity contribution in [2.45, 2.75) is 27.7 Å². The summed E-state index contributed by atoms with van der Waals surface area (Å²) in [4.78, 5) is 8.35. The molecule has 84 valence electrons. The van der Waals surface area contributed by atoms with Crippen LogP contribution in [0.1, 0.15) is 22.8 Å². The van der Waals surface area contributed by atoms with Gasteiger partial charge < -0.3 is 0 Å². The predicted octanol–water partition coefficient (Wildman–Crippen LogP) is 3.40. The normalized spacial score (nSPS) is 9.25. The average molecular weight is 214 g/mol. The van der Waals surface area contributed by atoms with Gasteiger partial charge in [0.05, 0.1) is 0 Å². The van der Waals surface area contributed by atoms with Crippen LogP contribution in [0.25, 0.3) is 0 Å². The zero-order chi connectivity index (χ0) is 12.0. The Morgan fingerprint density at radius 2 is 0.812 bits per heavy atom. The van der Waals surface area contributed by atoms with Gasteiger partial charge in [-0.2, -0.15) is 0 Å². The van der Waals surface area contributed by atoms with Crippen molar-refractivity contribution in [3.05, 3.63) is 59.2 Å². The Labute approximate surface area is 97.4 Å². The highest BCUT2D eigenvalue weighted by atomic mass is 14.7. The van der Waals surface area contributed by atoms with Crippen molar-refractivity contribution in [3.63, 3.8) is 0 Å². The molecule has 0 aliphatic carbocycles. The van der Waals surface area contributed by atoms with E-state index in [1.165, 1.54) is 0 Å². The Morgan fingerprint density at radius 3 is 0.938 bits per heavy atom. The molecule has 0 N–H and O–H groups in total. The zero-order valence-electron chi connectivity index (χ0n) is 10.4. The molecule has 2 heterocycles. The summed E-state index contributed by atoms with van der Waals surface area (Å²) in [5.41, 5.74) is 4.35. The molecule has 2 rings (SSSR count). The lowest BCUT2D eigenvalue weighted by atomic mass is 10.3. The summed E-state index contributed by atoms with van der Waals surface area (Å²) in [7, 11) is 0. The molecule has 0 spiro atoms. The van der Waals surface area contributed by atoms with E-state index in [-0.39, 0.29) is 0 Å². The molecule has 0 aliphatic heterocycles. The van der Waals surface area contributed by atoms with E-state index in [1.54, 1.807) is 0 Å². The number of hydrogen-bond acceptors (Lipinski definition) is 2. The van der Waals surface area contributed by atoms with Gasteiger partial charge in [0.1, 0.15) is 0 Å². The highest BCUT2D eigenvalue weighted by Gasteiger charge is 1.82. The molecule has 16 heavy (non-hydrogen) atoms. The lowest BCUT2D eigenvalue weighted by Gasteiger charge is -1.90. The maximum Gasteiger partial charge on any atom is 0.0375 e. The maximum absolute atomic E-state index is 4.17. The average Bonchev–Trinajstić information content (AvgIpc) is 2.17. The predicted molar refractivity (Wildman–Crippen MR) is 67.4 cm³/mol. The highest BCUT2D eigenvalue weighted by Crippen LogP contribution is 1.94. The molecule has 2 aromatic rings. The summed E-state index contributed by atoms with van der Waals surface area (Å²) in [6.45, 7) is 7.97. The van der Waals surface area contributed by atoms with Gasteiger partial charge >= 0.3 is 0 Å². The molecular weight excluding hydrogens is 196 g/mol. The molecule has 0 aromatic carbocycles. The molecule has 2 heteroatoms. The van der Waals surface area contributed by atoms with Crippen LogP contribution in [-0.2, 0) is 0 Å². The first kappa shape index (κ1) is 12.4. The monoisotopic (exact) mass is 214 g/mol. The van der Waals surface area contributed by atoms with E-state index >= 15 is 0 Å². The van der Waals surface area contributed by atoms with Crippen molar-refractivity contribution in [3.8, 4) is 0 Å². The van der Waals surface area contributed by atoms with Gasteiger partial charge in [0, 0.05) is 22.8 Å². The Bertz CT molecular complexity index is 372. The first-order valence-electron chi connectivity index (χ1n) is 5.38. The second-order valence-corrected chi connectivity index (χ2v) is 3.84. The quantitative estimate of drug-likeness (QED) is 0.671. The van der Waals surface area contributed by atoms with Gasteiger partial charge in [-0.1, -0.05) is 12.1 Å². The standard InChI is InChI=1S/2C7H9N/c2*1-6-4-3-5-7(2)8-6/h2*3-5H,1-2H3. The summed E-state index contributed by atoms with van der Waals surface area (Å²) in [6, 6.07) is 12.0. The third kappa shape index (κ3) is 4.69. The Kier molecular flexibility index (Phi) is 4.65. The van der Waals surface area contributed by atoms with Crippen LogP contribution in [0.3, 0.4) is 0 Å². The molecule has 0 fully saturated rings. The molecule has 0 saturated carbocycles. The molecule has 0 bridgehead atoms. The van der Waals surface area contributed by atoms with E-state index in [9.17, 15) is 0 Å². The van der Waals surface area contributed by atoms with Gasteiger partial charge in [0.25, 0.3) is 0 Å². The molecule has 0 aliphatic rings. The number of pyridine rings is 2. The van der Waals surface area contributed by atoms with Gasteiger partial charge in [-0.05, 0) is 52.0 Å². The fraction of sp³-hybridized carbons (Fsp3) is 0.286. The van der Waals surface area contributed by atoms with Crippen LogP contribution in [0, 0.1) is 27.7 Å². The first-order chi connectivity index (χ1) is 7.58. The Hall–Kier alpha value is -1.70. The molecule has 0 amide bonds. The summed E-state index contributed by atoms with van der Waals surface area (Å²) < 4.78 is 0. The van der Waals surface area contributed by atoms with Gasteiger partial charge in [0.15, 0.2) is 0 Å². The van der Waals surface area contributed by atoms with E-state index in [4.69, 9.17) is 0 Å². The van der Waals surface area contributed by atoms with Gasteiger partial charge in [-0.25, -0.2) is 0 Å². The molecule has 0 saturated heterocycles. The maximum atomic E-state index is 4.17. The molecular formula is C14H18N2. The number of nitrogens with zero attached hydrogens (tertiary/aromatic N) is 2. The minimum absolute atomic E-state index is 1.09. The fourth-order valence-corrected chi connectivity index (χ4v) is 1.36. The van der Waals surface area contributed by atoms with Crippen molar-refractivity contribution in [1.29, 1.82) is 0 Å². The van der Waals surface area contributed by atoms with Crippen LogP contribution in [0.15, 0.2) is 36.4 Å². The smallest absolute Gasteiger partial charge is 0.0375 e. The van der Waals surface area contributed by atoms with Crippen molar-refractivity contribution in [2.75, 3.05) is 0 Å². The van der Waals surface area contributed by atoms with Crippen LogP contribution < -0.4 is 0 Å². The molecule has 2 aromatic heterocycles. The minimum atomic E-state index is 1.09. The second kappa shape index (κ2) is 6.01. The zero-order valence-corrected chi connectivity index (χ0v) is 10.4. The van der Waals surface area contributed by atoms with Crippen molar-refractivity contribution < 1.29 is 0 Å². The minimum Gasteiger partial charge on any atom is -0.258 e. The topological polar surface area (TPSA) is 25.8 Å². The van der Waals surface area contributed by atoms with E-state index in [0.29, 0.717) is 0 Å². The van der Waals surface area contributed by atoms with Crippen LogP contribution >= 0.6 is 0 Å². The number of rotatable bonds is 0. The van der Waals surface area contributed by atoms with Crippen LogP contribution in [0.2, 0.25) is 0 Å². The lowest BCUT2D eigenvalue weighted by Crippen LogP contribution is -1.81. The summed E-state index contributed by atoms with van der Waals surface area (Å²) in [5.74, 6) is 0. The number of aryl methyl sites for hydroxylation is 4. The van der Waals surface area contributed by atoms with E-state index in [0.717, 1.165) is 22.8 Å². The SMILES string of the molecule is Cc1cccc(C)n1.Cc1cccc(C)n1. The number of hydrogen-bond donors (Lipinski definition) is 0. The van der Waals surface area contributed by atoms with E-state index < -0.39 is 0 Å². The van der Waals surface area contributed by atoms with E-state index in [1.807, 2.05) is 64.1 Å². The van der Waals surface area contributed by atoms with Crippen molar-refractivity contribution in [1.82, 2.24) is 9.97 Å². The van der Waals surface area contributed by atoms with Crippen LogP contribution in [0.4, 0.5) is 0 Å². The third-order valence-corrected chi connectivity index (χ3v) is 2.06. The summed E-state index contributed by atoms with van der Waals surface area (Å²) >= 11 is 0. The molecule has 0 atom stereocenters. The van der Waals surface area contributed by atoms with Gasteiger partial charge in [0.2, 0.25) is 0 Å². The lowest BCUT2D eigenvalue weighted by molar-refractivity contribution is 1.12. The summed E-state index contributed by atoms with van der Waals surface area (Å²) in [5, 5.41) is 0. The first-order valence-corrected chi connectivity index (χ1v) is 5.38. The van der Waals surface area contributed by atoms with Gasteiger partial charge in [-0.3, -0.25) is 9.97 Å². The molecule has 0 unspecified atom stereocenters. The van der Waals surface area contributed by atoms with Crippen molar-refractivity contribution >= 4 is 0 Å².